The summed E-state index contributed by atoms with van der Waals surface area (Å²) in [6.07, 6.45) is -3.04. The van der Waals surface area contributed by atoms with Crippen LogP contribution in [0.2, 0.25) is 0 Å². The summed E-state index contributed by atoms with van der Waals surface area (Å²) in [5, 5.41) is 0. The van der Waals surface area contributed by atoms with Gasteiger partial charge in [0.25, 0.3) is 5.91 Å². The minimum absolute atomic E-state index is 0.189. The molecule has 0 aliphatic carbocycles. The summed E-state index contributed by atoms with van der Waals surface area (Å²) in [6, 6.07) is 12.2. The second kappa shape index (κ2) is 10.7. The maximum Gasteiger partial charge on any atom is 0.417 e. The minimum Gasteiger partial charge on any atom is -0.424 e. The number of rotatable bonds is 3. The molecule has 1 aliphatic rings. The summed E-state index contributed by atoms with van der Waals surface area (Å²) in [4.78, 5) is 31.6. The number of pyridine rings is 1. The van der Waals surface area contributed by atoms with E-state index in [4.69, 9.17) is 4.74 Å². The fourth-order valence-corrected chi connectivity index (χ4v) is 3.91. The van der Waals surface area contributed by atoms with Crippen molar-refractivity contribution < 1.29 is 31.9 Å². The first kappa shape index (κ1) is 25.7. The Morgan fingerprint density at radius 3 is 2.38 bits per heavy atom. The average Bonchev–Trinajstić information content (AvgIpc) is 2.88. The molecule has 2 aromatic carbocycles. The number of ether oxygens (including phenoxy) is 1. The highest BCUT2D eigenvalue weighted by Crippen LogP contribution is 2.32. The fraction of sp³-hybridized carbons (Fsp3) is 0.222. The maximum absolute atomic E-state index is 14.2. The normalized spacial score (nSPS) is 13.5. The molecule has 1 saturated heterocycles. The Kier molecular flexibility index (Phi) is 7.43. The predicted octanol–water partition coefficient (Wildman–Crippen LogP) is 4.53. The number of benzene rings is 2. The van der Waals surface area contributed by atoms with Crippen molar-refractivity contribution in [1.29, 1.82) is 0 Å². The van der Waals surface area contributed by atoms with Gasteiger partial charge < -0.3 is 14.5 Å². The zero-order chi connectivity index (χ0) is 26.6. The fourth-order valence-electron chi connectivity index (χ4n) is 3.91. The second-order valence-corrected chi connectivity index (χ2v) is 8.19. The van der Waals surface area contributed by atoms with Gasteiger partial charge in [0.05, 0.1) is 16.7 Å². The SMILES string of the molecule is CC(=O)Oc1ccc(C#Cc2cccnc2N2CCN(C(=O)c3ccccc3C(F)(F)F)CC2)cc1F. The Bertz CT molecular complexity index is 1390. The van der Waals surface area contributed by atoms with Crippen molar-refractivity contribution in [3.05, 3.63) is 88.9 Å². The van der Waals surface area contributed by atoms with Crippen LogP contribution in [-0.4, -0.2) is 47.9 Å². The summed E-state index contributed by atoms with van der Waals surface area (Å²) in [5.74, 6) is 4.16. The van der Waals surface area contributed by atoms with E-state index in [0.29, 0.717) is 30.0 Å². The lowest BCUT2D eigenvalue weighted by molar-refractivity contribution is -0.138. The number of carbonyl (C=O) groups excluding carboxylic acids is 2. The second-order valence-electron chi connectivity index (χ2n) is 8.19. The number of hydrogen-bond acceptors (Lipinski definition) is 5. The van der Waals surface area contributed by atoms with Crippen LogP contribution >= 0.6 is 0 Å². The molecule has 4 rings (SSSR count). The van der Waals surface area contributed by atoms with Gasteiger partial charge in [-0.25, -0.2) is 9.37 Å². The summed E-state index contributed by atoms with van der Waals surface area (Å²) in [7, 11) is 0. The van der Waals surface area contributed by atoms with Crippen molar-refractivity contribution in [2.75, 3.05) is 31.1 Å². The molecule has 0 N–H and O–H groups in total. The van der Waals surface area contributed by atoms with Gasteiger partial charge in [-0.15, -0.1) is 0 Å². The van der Waals surface area contributed by atoms with E-state index in [-0.39, 0.29) is 24.4 Å². The first-order valence-corrected chi connectivity index (χ1v) is 11.3. The maximum atomic E-state index is 14.2. The van der Waals surface area contributed by atoms with Gasteiger partial charge >= 0.3 is 12.1 Å². The number of alkyl halides is 3. The standard InChI is InChI=1S/C27H21F4N3O3/c1-18(35)37-24-11-9-19(17-23(24)28)8-10-20-5-4-12-32-25(20)33-13-15-34(16-14-33)26(36)21-6-2-3-7-22(21)27(29,30)31/h2-7,9,11-12,17H,13-16H2,1H3. The molecule has 0 unspecified atom stereocenters. The van der Waals surface area contributed by atoms with Crippen LogP contribution in [-0.2, 0) is 11.0 Å². The van der Waals surface area contributed by atoms with E-state index in [9.17, 15) is 27.2 Å². The number of carbonyl (C=O) groups is 2. The monoisotopic (exact) mass is 511 g/mol. The van der Waals surface area contributed by atoms with Crippen molar-refractivity contribution >= 4 is 17.7 Å². The topological polar surface area (TPSA) is 62.7 Å². The number of halogens is 4. The van der Waals surface area contributed by atoms with E-state index in [1.165, 1.54) is 42.2 Å². The summed E-state index contributed by atoms with van der Waals surface area (Å²) >= 11 is 0. The summed E-state index contributed by atoms with van der Waals surface area (Å²) in [5.41, 5.74) is -0.405. The number of piperazine rings is 1. The zero-order valence-electron chi connectivity index (χ0n) is 19.7. The molecule has 0 saturated carbocycles. The van der Waals surface area contributed by atoms with Crippen LogP contribution < -0.4 is 9.64 Å². The Labute approximate surface area is 210 Å². The molecule has 6 nitrogen and oxygen atoms in total. The first-order chi connectivity index (χ1) is 17.6. The average molecular weight is 511 g/mol. The van der Waals surface area contributed by atoms with Gasteiger partial charge in [-0.05, 0) is 42.5 Å². The molecular weight excluding hydrogens is 490 g/mol. The molecular formula is C27H21F4N3O3. The minimum atomic E-state index is -4.63. The number of aromatic nitrogens is 1. The molecule has 0 spiro atoms. The van der Waals surface area contributed by atoms with E-state index < -0.39 is 29.4 Å². The van der Waals surface area contributed by atoms with Crippen LogP contribution in [0.3, 0.4) is 0 Å². The molecule has 1 aliphatic heterocycles. The number of anilines is 1. The van der Waals surface area contributed by atoms with Gasteiger partial charge in [-0.3, -0.25) is 9.59 Å². The van der Waals surface area contributed by atoms with Crippen molar-refractivity contribution in [2.45, 2.75) is 13.1 Å². The van der Waals surface area contributed by atoms with Gasteiger partial charge in [-0.2, -0.15) is 13.2 Å². The van der Waals surface area contributed by atoms with Crippen LogP contribution in [0.1, 0.15) is 34.0 Å². The first-order valence-electron chi connectivity index (χ1n) is 11.3. The van der Waals surface area contributed by atoms with Crippen LogP contribution in [0.15, 0.2) is 60.8 Å². The van der Waals surface area contributed by atoms with Gasteiger partial charge in [-0.1, -0.05) is 24.0 Å². The Balaban J connectivity index is 1.48. The lowest BCUT2D eigenvalue weighted by atomic mass is 10.1. The number of nitrogens with zero attached hydrogens (tertiary/aromatic N) is 3. The third-order valence-corrected chi connectivity index (χ3v) is 5.64. The van der Waals surface area contributed by atoms with Crippen molar-refractivity contribution in [2.24, 2.45) is 0 Å². The molecule has 190 valence electrons. The molecule has 2 heterocycles. The quantitative estimate of drug-likeness (QED) is 0.224. The van der Waals surface area contributed by atoms with Gasteiger partial charge in [0.15, 0.2) is 11.6 Å². The van der Waals surface area contributed by atoms with Crippen LogP contribution in [0.25, 0.3) is 0 Å². The highest BCUT2D eigenvalue weighted by molar-refractivity contribution is 5.96. The Hall–Kier alpha value is -4.39. The van der Waals surface area contributed by atoms with E-state index in [1.807, 2.05) is 4.90 Å². The smallest absolute Gasteiger partial charge is 0.417 e. The third-order valence-electron chi connectivity index (χ3n) is 5.64. The molecule has 0 radical (unpaired) electrons. The van der Waals surface area contributed by atoms with Crippen LogP contribution in [0.4, 0.5) is 23.4 Å². The largest absolute Gasteiger partial charge is 0.424 e. The van der Waals surface area contributed by atoms with Gasteiger partial charge in [0.2, 0.25) is 0 Å². The number of hydrogen-bond donors (Lipinski definition) is 0. The third kappa shape index (κ3) is 6.06. The molecule has 1 fully saturated rings. The Morgan fingerprint density at radius 2 is 1.70 bits per heavy atom. The Morgan fingerprint density at radius 1 is 0.973 bits per heavy atom. The highest BCUT2D eigenvalue weighted by atomic mass is 19.4. The summed E-state index contributed by atoms with van der Waals surface area (Å²) < 4.78 is 59.0. The van der Waals surface area contributed by atoms with E-state index in [2.05, 4.69) is 16.8 Å². The number of amides is 1. The van der Waals surface area contributed by atoms with Gasteiger partial charge in [0, 0.05) is 44.9 Å². The lowest BCUT2D eigenvalue weighted by Crippen LogP contribution is -2.49. The summed E-state index contributed by atoms with van der Waals surface area (Å²) in [6.45, 7) is 2.28. The lowest BCUT2D eigenvalue weighted by Gasteiger charge is -2.36. The van der Waals surface area contributed by atoms with E-state index in [0.717, 1.165) is 12.1 Å². The molecule has 0 atom stereocenters. The molecule has 3 aromatic rings. The van der Waals surface area contributed by atoms with E-state index >= 15 is 0 Å². The molecule has 10 heteroatoms. The van der Waals surface area contributed by atoms with Gasteiger partial charge in [0.1, 0.15) is 5.82 Å². The van der Waals surface area contributed by atoms with Crippen LogP contribution in [0, 0.1) is 17.7 Å². The van der Waals surface area contributed by atoms with Crippen molar-refractivity contribution in [1.82, 2.24) is 9.88 Å². The van der Waals surface area contributed by atoms with E-state index in [1.54, 1.807) is 18.3 Å². The molecule has 37 heavy (non-hydrogen) atoms. The van der Waals surface area contributed by atoms with Crippen LogP contribution in [0.5, 0.6) is 5.75 Å². The molecule has 0 bridgehead atoms. The van der Waals surface area contributed by atoms with Crippen molar-refractivity contribution in [3.63, 3.8) is 0 Å². The predicted molar refractivity (Wildman–Crippen MR) is 127 cm³/mol. The van der Waals surface area contributed by atoms with Crippen molar-refractivity contribution in [3.8, 4) is 17.6 Å². The molecule has 1 amide bonds. The highest BCUT2D eigenvalue weighted by Gasteiger charge is 2.36. The zero-order valence-corrected chi connectivity index (χ0v) is 19.7. The number of esters is 1. The molecule has 1 aromatic heterocycles.